The Morgan fingerprint density at radius 2 is 1.74 bits per heavy atom. The van der Waals surface area contributed by atoms with Crippen molar-refractivity contribution in [3.05, 3.63) is 82.0 Å². The lowest BCUT2D eigenvalue weighted by atomic mass is 10.1. The normalized spacial score (nSPS) is 11.6. The number of primary amides is 1. The van der Waals surface area contributed by atoms with Crippen molar-refractivity contribution in [1.82, 2.24) is 9.78 Å². The number of nitrogens with zero attached hydrogens (tertiary/aromatic N) is 2. The maximum Gasteiger partial charge on any atom is 0.250 e. The maximum atomic E-state index is 11.7. The fourth-order valence-electron chi connectivity index (χ4n) is 3.16. The first-order chi connectivity index (χ1) is 14.6. The Hall–Kier alpha value is -2.64. The van der Waals surface area contributed by atoms with E-state index in [2.05, 4.69) is 5.10 Å². The first-order valence-electron chi connectivity index (χ1n) is 9.43. The zero-order valence-corrected chi connectivity index (χ0v) is 19.1. The van der Waals surface area contributed by atoms with E-state index in [1.807, 2.05) is 42.5 Å². The highest BCUT2D eigenvalue weighted by molar-refractivity contribution is 7.18. The highest BCUT2D eigenvalue weighted by Crippen LogP contribution is 2.38. The molecular formula is C23H19Cl2N3O2S. The number of aromatic nitrogens is 2. The molecule has 0 radical (unpaired) electrons. The monoisotopic (exact) mass is 471 g/mol. The molecule has 3 N–H and O–H groups in total. The Bertz CT molecular complexity index is 1290. The summed E-state index contributed by atoms with van der Waals surface area (Å²) in [5.74, 6) is -0.574. The second-order valence-corrected chi connectivity index (χ2v) is 9.46. The molecule has 4 rings (SSSR count). The van der Waals surface area contributed by atoms with Crippen LogP contribution >= 0.6 is 34.5 Å². The predicted molar refractivity (Wildman–Crippen MR) is 126 cm³/mol. The van der Waals surface area contributed by atoms with Crippen LogP contribution in [-0.2, 0) is 5.60 Å². The lowest BCUT2D eigenvalue weighted by molar-refractivity contribution is 0.0734. The lowest BCUT2D eigenvalue weighted by Crippen LogP contribution is -2.16. The number of carbonyl (C=O) groups is 1. The number of amides is 1. The van der Waals surface area contributed by atoms with Gasteiger partial charge in [-0.3, -0.25) is 4.79 Å². The average molecular weight is 472 g/mol. The molecule has 2 aromatic carbocycles. The molecule has 0 saturated carbocycles. The van der Waals surface area contributed by atoms with Crippen LogP contribution in [-0.4, -0.2) is 20.8 Å². The molecule has 0 aliphatic rings. The van der Waals surface area contributed by atoms with Crippen LogP contribution in [0.2, 0.25) is 10.0 Å². The van der Waals surface area contributed by atoms with Crippen LogP contribution in [0.4, 0.5) is 0 Å². The fourth-order valence-corrected chi connectivity index (χ4v) is 4.59. The van der Waals surface area contributed by atoms with Crippen molar-refractivity contribution in [1.29, 1.82) is 0 Å². The van der Waals surface area contributed by atoms with Gasteiger partial charge in [0.2, 0.25) is 5.91 Å². The number of thiophene rings is 1. The van der Waals surface area contributed by atoms with Crippen LogP contribution in [0.5, 0.6) is 0 Å². The van der Waals surface area contributed by atoms with E-state index in [-0.39, 0.29) is 5.56 Å². The minimum Gasteiger partial charge on any atom is -0.384 e. The summed E-state index contributed by atoms with van der Waals surface area (Å²) < 4.78 is 1.74. The number of benzene rings is 2. The first kappa shape index (κ1) is 21.6. The molecule has 0 aliphatic carbocycles. The van der Waals surface area contributed by atoms with Gasteiger partial charge in [-0.1, -0.05) is 41.4 Å². The molecule has 4 aromatic rings. The maximum absolute atomic E-state index is 11.7. The number of nitrogens with two attached hydrogens (primary N) is 1. The number of para-hydroxylation sites is 1. The van der Waals surface area contributed by atoms with E-state index < -0.39 is 11.5 Å². The predicted octanol–water partition coefficient (Wildman–Crippen LogP) is 5.90. The van der Waals surface area contributed by atoms with Crippen molar-refractivity contribution < 1.29 is 9.90 Å². The Morgan fingerprint density at radius 1 is 1.03 bits per heavy atom. The summed E-state index contributed by atoms with van der Waals surface area (Å²) in [4.78, 5) is 13.5. The summed E-state index contributed by atoms with van der Waals surface area (Å²) in [5.41, 5.74) is 7.47. The van der Waals surface area contributed by atoms with E-state index in [1.165, 1.54) is 11.3 Å². The number of aliphatic hydroxyl groups is 1. The van der Waals surface area contributed by atoms with E-state index in [9.17, 15) is 9.90 Å². The Balaban J connectivity index is 1.84. The number of hydrogen-bond donors (Lipinski definition) is 2. The van der Waals surface area contributed by atoms with E-state index in [0.29, 0.717) is 21.4 Å². The van der Waals surface area contributed by atoms with Crippen molar-refractivity contribution in [2.24, 2.45) is 5.73 Å². The number of carbonyl (C=O) groups excluding carboxylic acids is 1. The van der Waals surface area contributed by atoms with Crippen LogP contribution in [0.25, 0.3) is 26.7 Å². The quantitative estimate of drug-likeness (QED) is 0.380. The van der Waals surface area contributed by atoms with Gasteiger partial charge >= 0.3 is 0 Å². The molecule has 2 aromatic heterocycles. The molecular weight excluding hydrogens is 453 g/mol. The van der Waals surface area contributed by atoms with Crippen LogP contribution in [0, 0.1) is 0 Å². The van der Waals surface area contributed by atoms with Crippen molar-refractivity contribution in [3.63, 3.8) is 0 Å². The van der Waals surface area contributed by atoms with Gasteiger partial charge < -0.3 is 10.8 Å². The Kier molecular flexibility index (Phi) is 5.66. The number of halogens is 2. The second-order valence-electron chi connectivity index (χ2n) is 7.56. The van der Waals surface area contributed by atoms with Crippen LogP contribution in [0.1, 0.15) is 29.9 Å². The SMILES string of the molecule is CC(C)(O)c1cc(-c2ccc(-c3ccc(Cl)c(C(N)=O)c3)s2)n(-c2ccccc2Cl)n1. The highest BCUT2D eigenvalue weighted by Gasteiger charge is 2.24. The number of hydrogen-bond acceptors (Lipinski definition) is 4. The molecule has 5 nitrogen and oxygen atoms in total. The third kappa shape index (κ3) is 4.25. The molecule has 1 amide bonds. The van der Waals surface area contributed by atoms with Gasteiger partial charge in [0.25, 0.3) is 0 Å². The first-order valence-corrected chi connectivity index (χ1v) is 11.0. The minimum absolute atomic E-state index is 0.277. The Morgan fingerprint density at radius 3 is 2.42 bits per heavy atom. The molecule has 0 spiro atoms. The summed E-state index contributed by atoms with van der Waals surface area (Å²) in [6.07, 6.45) is 0. The summed E-state index contributed by atoms with van der Waals surface area (Å²) in [7, 11) is 0. The average Bonchev–Trinajstić information content (AvgIpc) is 3.35. The van der Waals surface area contributed by atoms with E-state index >= 15 is 0 Å². The topological polar surface area (TPSA) is 81.1 Å². The molecule has 0 bridgehead atoms. The second kappa shape index (κ2) is 8.13. The zero-order chi connectivity index (χ0) is 22.3. The van der Waals surface area contributed by atoms with Gasteiger partial charge in [0, 0.05) is 4.88 Å². The van der Waals surface area contributed by atoms with Gasteiger partial charge in [-0.25, -0.2) is 4.68 Å². The molecule has 0 unspecified atom stereocenters. The molecule has 158 valence electrons. The van der Waals surface area contributed by atoms with Crippen LogP contribution < -0.4 is 5.73 Å². The van der Waals surface area contributed by atoms with E-state index in [1.54, 1.807) is 36.7 Å². The van der Waals surface area contributed by atoms with Crippen molar-refractivity contribution in [2.45, 2.75) is 19.4 Å². The zero-order valence-electron chi connectivity index (χ0n) is 16.8. The van der Waals surface area contributed by atoms with Gasteiger partial charge in [0.05, 0.1) is 37.6 Å². The molecule has 0 saturated heterocycles. The number of rotatable bonds is 5. The molecule has 2 heterocycles. The van der Waals surface area contributed by atoms with Crippen molar-refractivity contribution in [2.75, 3.05) is 0 Å². The molecule has 31 heavy (non-hydrogen) atoms. The molecule has 0 fully saturated rings. The van der Waals surface area contributed by atoms with Crippen LogP contribution in [0.3, 0.4) is 0 Å². The third-order valence-corrected chi connectivity index (χ3v) is 6.60. The largest absolute Gasteiger partial charge is 0.384 e. The van der Waals surface area contributed by atoms with Gasteiger partial charge in [-0.05, 0) is 61.9 Å². The molecule has 0 aliphatic heterocycles. The smallest absolute Gasteiger partial charge is 0.250 e. The summed E-state index contributed by atoms with van der Waals surface area (Å²) in [5, 5.41) is 16.0. The summed E-state index contributed by atoms with van der Waals surface area (Å²) in [6, 6.07) is 18.4. The lowest BCUT2D eigenvalue weighted by Gasteiger charge is -2.13. The van der Waals surface area contributed by atoms with Crippen molar-refractivity contribution >= 4 is 40.4 Å². The molecule has 0 atom stereocenters. The van der Waals surface area contributed by atoms with Gasteiger partial charge in [-0.2, -0.15) is 5.10 Å². The van der Waals surface area contributed by atoms with Crippen LogP contribution in [0.15, 0.2) is 60.7 Å². The minimum atomic E-state index is -1.12. The van der Waals surface area contributed by atoms with E-state index in [0.717, 1.165) is 21.0 Å². The van der Waals surface area contributed by atoms with Gasteiger partial charge in [-0.15, -0.1) is 11.3 Å². The van der Waals surface area contributed by atoms with Gasteiger partial charge in [0.1, 0.15) is 5.60 Å². The summed E-state index contributed by atoms with van der Waals surface area (Å²) >= 11 is 14.0. The van der Waals surface area contributed by atoms with E-state index in [4.69, 9.17) is 28.9 Å². The highest BCUT2D eigenvalue weighted by atomic mass is 35.5. The fraction of sp³-hybridized carbons (Fsp3) is 0.130. The van der Waals surface area contributed by atoms with Gasteiger partial charge in [0.15, 0.2) is 0 Å². The third-order valence-electron chi connectivity index (χ3n) is 4.79. The van der Waals surface area contributed by atoms with Crippen molar-refractivity contribution in [3.8, 4) is 26.7 Å². The Labute approximate surface area is 193 Å². The molecule has 8 heteroatoms. The standard InChI is InChI=1S/C23H19Cl2N3O2S/c1-23(2,30)21-12-18(28(27-21)17-6-4-3-5-16(17)25)20-10-9-19(31-20)13-7-8-15(24)14(11-13)22(26)29/h3-12,30H,1-2H3,(H2,26,29). The summed E-state index contributed by atoms with van der Waals surface area (Å²) in [6.45, 7) is 3.38.